The van der Waals surface area contributed by atoms with E-state index in [1.54, 1.807) is 0 Å². The molecule has 0 radical (unpaired) electrons. The van der Waals surface area contributed by atoms with Crippen LogP contribution in [0.5, 0.6) is 0 Å². The zero-order valence-corrected chi connectivity index (χ0v) is 9.88. The normalized spacial score (nSPS) is 2.40. The third-order valence-corrected chi connectivity index (χ3v) is 0. The fourth-order valence-electron chi connectivity index (χ4n) is 0. The molecule has 10 heavy (non-hydrogen) atoms. The second-order valence-corrected chi connectivity index (χ2v) is 0. The van der Waals surface area contributed by atoms with Crippen LogP contribution in [-0.4, -0.2) is 74.5 Å². The van der Waals surface area contributed by atoms with Gasteiger partial charge in [-0.15, -0.1) is 0 Å². The Morgan fingerprint density at radius 3 is 0.400 bits per heavy atom. The smallest absolute Gasteiger partial charge is 0.857 e. The van der Waals surface area contributed by atoms with E-state index in [9.17, 15) is 0 Å². The van der Waals surface area contributed by atoms with Gasteiger partial charge in [0, 0.05) is 0 Å². The summed E-state index contributed by atoms with van der Waals surface area (Å²) in [6.45, 7) is 0. The summed E-state index contributed by atoms with van der Waals surface area (Å²) in [5, 5.41) is 33.0. The summed E-state index contributed by atoms with van der Waals surface area (Å²) in [4.78, 5) is 0. The van der Waals surface area contributed by atoms with Crippen molar-refractivity contribution in [1.29, 1.82) is 0 Å². The van der Waals surface area contributed by atoms with E-state index in [4.69, 9.17) is 20.4 Å². The van der Waals surface area contributed by atoms with Gasteiger partial charge in [0.15, 0.2) is 0 Å². The van der Waals surface area contributed by atoms with Gasteiger partial charge in [0.25, 0.3) is 0 Å². The van der Waals surface area contributed by atoms with Crippen LogP contribution in [0.4, 0.5) is 0 Å². The summed E-state index contributed by atoms with van der Waals surface area (Å²) in [5.74, 6) is 0. The van der Waals surface area contributed by atoms with E-state index in [1.165, 1.54) is 0 Å². The zero-order valence-electron chi connectivity index (χ0n) is 7.05. The maximum absolute atomic E-state index is 8.25. The largest absolute Gasteiger partial charge is 2.00 e. The van der Waals surface area contributed by atoms with E-state index in [1.807, 2.05) is 0 Å². The molecule has 0 aromatic carbocycles. The molecule has 0 bridgehead atoms. The Bertz CT molecular complexity index is 15.2. The first kappa shape index (κ1) is 42.4. The summed E-state index contributed by atoms with van der Waals surface area (Å²) >= 11 is 0. The monoisotopic (exact) mass is 172 g/mol. The second-order valence-electron chi connectivity index (χ2n) is 0. The van der Waals surface area contributed by atoms with Crippen molar-refractivity contribution in [2.75, 3.05) is 28.4 Å². The molecule has 0 rings (SSSR count). The number of rotatable bonds is 0. The molecule has 56 valence electrons. The van der Waals surface area contributed by atoms with Crippen molar-refractivity contribution in [3.63, 3.8) is 0 Å². The molecule has 0 amide bonds. The maximum atomic E-state index is 8.25. The molecule has 0 N–H and O–H groups in total. The van der Waals surface area contributed by atoms with Gasteiger partial charge in [-0.3, -0.25) is 0 Å². The molecule has 4 nitrogen and oxygen atoms in total. The van der Waals surface area contributed by atoms with E-state index in [0.717, 1.165) is 28.4 Å². The van der Waals surface area contributed by atoms with Crippen LogP contribution in [0.25, 0.3) is 0 Å². The van der Waals surface area contributed by atoms with Crippen molar-refractivity contribution < 1.29 is 20.4 Å². The van der Waals surface area contributed by atoms with Gasteiger partial charge in [0.1, 0.15) is 0 Å². The van der Waals surface area contributed by atoms with E-state index in [2.05, 4.69) is 0 Å². The molecular formula is C4H12Mg2O4. The third kappa shape index (κ3) is 349. The summed E-state index contributed by atoms with van der Waals surface area (Å²) in [7, 11) is 3.00. The third-order valence-electron chi connectivity index (χ3n) is 0. The van der Waals surface area contributed by atoms with Crippen molar-refractivity contribution >= 4 is 46.1 Å². The van der Waals surface area contributed by atoms with Crippen molar-refractivity contribution in [3.05, 3.63) is 0 Å². The molecule has 0 aliphatic rings. The van der Waals surface area contributed by atoms with Crippen LogP contribution < -0.4 is 20.4 Å². The quantitative estimate of drug-likeness (QED) is 0.343. The number of hydrogen-bond donors (Lipinski definition) is 0. The molecule has 0 aliphatic carbocycles. The molecule has 0 unspecified atom stereocenters. The first-order valence-corrected chi connectivity index (χ1v) is 1.63. The molecule has 0 saturated heterocycles. The Labute approximate surface area is 94.6 Å². The van der Waals surface area contributed by atoms with Gasteiger partial charge < -0.3 is 20.4 Å². The van der Waals surface area contributed by atoms with E-state index in [-0.39, 0.29) is 46.1 Å². The fraction of sp³-hybridized carbons (Fsp3) is 1.00. The van der Waals surface area contributed by atoms with Crippen molar-refractivity contribution in [2.45, 2.75) is 0 Å². The second kappa shape index (κ2) is 484. The van der Waals surface area contributed by atoms with E-state index < -0.39 is 0 Å². The van der Waals surface area contributed by atoms with Crippen LogP contribution >= 0.6 is 0 Å². The standard InChI is InChI=1S/4CH3O.2Mg/c4*1-2;;/h4*1H3;;/q4*-1;2*+2. The Kier molecular flexibility index (Phi) is 2050. The van der Waals surface area contributed by atoms with Gasteiger partial charge in [-0.25, -0.2) is 0 Å². The predicted octanol–water partition coefficient (Wildman–Crippen LogP) is -4.86. The van der Waals surface area contributed by atoms with Gasteiger partial charge in [-0.1, -0.05) is 0 Å². The van der Waals surface area contributed by atoms with Gasteiger partial charge in [-0.05, 0) is 0 Å². The topological polar surface area (TPSA) is 92.2 Å². The molecule has 0 aromatic rings. The minimum atomic E-state index is 0. The maximum Gasteiger partial charge on any atom is 2.00 e. The van der Waals surface area contributed by atoms with Gasteiger partial charge in [0.2, 0.25) is 0 Å². The van der Waals surface area contributed by atoms with Crippen molar-refractivity contribution in [3.8, 4) is 0 Å². The average Bonchev–Trinajstić information content (AvgIpc) is 2.03. The molecule has 6 heteroatoms. The van der Waals surface area contributed by atoms with Gasteiger partial charge >= 0.3 is 46.1 Å². The van der Waals surface area contributed by atoms with Gasteiger partial charge in [-0.2, -0.15) is 28.4 Å². The first-order chi connectivity index (χ1) is 4.00. The molecule has 0 atom stereocenters. The summed E-state index contributed by atoms with van der Waals surface area (Å²) in [6, 6.07) is 0. The van der Waals surface area contributed by atoms with Crippen molar-refractivity contribution in [1.82, 2.24) is 0 Å². The molecule has 0 saturated carbocycles. The minimum absolute atomic E-state index is 0. The molecule has 0 aliphatic heterocycles. The molecule has 0 fully saturated rings. The molecular weight excluding hydrogens is 161 g/mol. The Morgan fingerprint density at radius 1 is 0.400 bits per heavy atom. The van der Waals surface area contributed by atoms with Crippen LogP contribution in [0.1, 0.15) is 0 Å². The molecule has 0 aromatic heterocycles. The average molecular weight is 173 g/mol. The van der Waals surface area contributed by atoms with Gasteiger partial charge in [0.05, 0.1) is 0 Å². The number of hydrogen-bond acceptors (Lipinski definition) is 4. The van der Waals surface area contributed by atoms with Crippen LogP contribution in [0.3, 0.4) is 0 Å². The molecule has 0 spiro atoms. The van der Waals surface area contributed by atoms with Crippen LogP contribution in [-0.2, 0) is 0 Å². The predicted molar refractivity (Wildman–Crippen MR) is 35.2 cm³/mol. The fourth-order valence-corrected chi connectivity index (χ4v) is 0. The van der Waals surface area contributed by atoms with E-state index >= 15 is 0 Å². The Balaban J connectivity index is -0.00000000500. The summed E-state index contributed by atoms with van der Waals surface area (Å²) in [5.41, 5.74) is 0. The van der Waals surface area contributed by atoms with E-state index in [0.29, 0.717) is 0 Å². The van der Waals surface area contributed by atoms with Crippen LogP contribution in [0, 0.1) is 0 Å². The van der Waals surface area contributed by atoms with Crippen molar-refractivity contribution in [2.24, 2.45) is 0 Å². The first-order valence-electron chi connectivity index (χ1n) is 1.63. The Morgan fingerprint density at radius 2 is 0.400 bits per heavy atom. The zero-order chi connectivity index (χ0) is 8.00. The molecule has 0 heterocycles. The minimum Gasteiger partial charge on any atom is -0.857 e. The van der Waals surface area contributed by atoms with Crippen LogP contribution in [0.2, 0.25) is 0 Å². The van der Waals surface area contributed by atoms with Crippen LogP contribution in [0.15, 0.2) is 0 Å². The SMILES string of the molecule is C[O-].C[O-].C[O-].C[O-].[Mg+2].[Mg+2]. The summed E-state index contributed by atoms with van der Waals surface area (Å²) < 4.78 is 0. The summed E-state index contributed by atoms with van der Waals surface area (Å²) in [6.07, 6.45) is 0. The Hall–Kier alpha value is 1.37.